The topological polar surface area (TPSA) is 15.7 Å². The summed E-state index contributed by atoms with van der Waals surface area (Å²) >= 11 is 0. The molecule has 0 spiro atoms. The lowest BCUT2D eigenvalue weighted by Gasteiger charge is -2.30. The van der Waals surface area contributed by atoms with Crippen LogP contribution in [0.4, 0.5) is 4.39 Å². The van der Waals surface area contributed by atoms with Gasteiger partial charge in [0.15, 0.2) is 0 Å². The van der Waals surface area contributed by atoms with Gasteiger partial charge in [-0.3, -0.25) is 4.90 Å². The van der Waals surface area contributed by atoms with Crippen LogP contribution in [0.1, 0.15) is 24.8 Å². The fourth-order valence-corrected chi connectivity index (χ4v) is 3.86. The van der Waals surface area contributed by atoms with Crippen molar-refractivity contribution in [3.05, 3.63) is 29.6 Å². The fraction of sp³-hybridized carbons (Fsp3) is 0.647. The summed E-state index contributed by atoms with van der Waals surface area (Å²) in [6, 6.07) is 5.70. The van der Waals surface area contributed by atoms with Gasteiger partial charge >= 0.3 is 0 Å². The molecule has 1 aromatic rings. The quantitative estimate of drug-likeness (QED) is 0.852. The molecule has 2 atom stereocenters. The number of hydrogen-bond donors (Lipinski definition) is 0. The minimum atomic E-state index is -0.155. The largest absolute Gasteiger partial charge is 0.496 e. The number of nitrogens with zero attached hydrogens (tertiary/aromatic N) is 2. The number of benzene rings is 1. The Balaban J connectivity index is 1.79. The molecule has 1 aromatic carbocycles. The number of likely N-dealkylation sites (tertiary alicyclic amines) is 1. The third-order valence-electron chi connectivity index (χ3n) is 4.98. The molecule has 0 aliphatic carbocycles. The van der Waals surface area contributed by atoms with E-state index in [2.05, 4.69) is 16.8 Å². The van der Waals surface area contributed by atoms with E-state index in [1.54, 1.807) is 13.2 Å². The van der Waals surface area contributed by atoms with Crippen LogP contribution in [0.5, 0.6) is 5.75 Å². The number of methoxy groups -OCH3 is 1. The zero-order valence-corrected chi connectivity index (χ0v) is 13.0. The van der Waals surface area contributed by atoms with Crippen LogP contribution in [0.25, 0.3) is 0 Å². The zero-order valence-electron chi connectivity index (χ0n) is 13.0. The number of hydrogen-bond acceptors (Lipinski definition) is 3. The van der Waals surface area contributed by atoms with Crippen molar-refractivity contribution in [3.8, 4) is 5.75 Å². The molecule has 2 heterocycles. The second kappa shape index (κ2) is 6.32. The molecule has 116 valence electrons. The minimum absolute atomic E-state index is 0.155. The molecule has 0 amide bonds. The van der Waals surface area contributed by atoms with Crippen LogP contribution in [0.3, 0.4) is 0 Å². The Bertz CT molecular complexity index is 494. The lowest BCUT2D eigenvalue weighted by Crippen LogP contribution is -2.38. The average molecular weight is 292 g/mol. The molecule has 2 fully saturated rings. The summed E-state index contributed by atoms with van der Waals surface area (Å²) < 4.78 is 19.5. The summed E-state index contributed by atoms with van der Waals surface area (Å²) in [4.78, 5) is 4.91. The van der Waals surface area contributed by atoms with Crippen LogP contribution in [-0.2, 0) is 6.54 Å². The lowest BCUT2D eigenvalue weighted by atomic mass is 9.99. The Hall–Kier alpha value is -1.13. The van der Waals surface area contributed by atoms with Gasteiger partial charge in [-0.05, 0) is 37.9 Å². The first-order chi connectivity index (χ1) is 10.2. The highest BCUT2D eigenvalue weighted by atomic mass is 19.1. The molecule has 3 nitrogen and oxygen atoms in total. The van der Waals surface area contributed by atoms with Gasteiger partial charge in [-0.15, -0.1) is 0 Å². The number of likely N-dealkylation sites (N-methyl/N-ethyl adjacent to an activating group) is 1. The molecule has 21 heavy (non-hydrogen) atoms. The third-order valence-corrected chi connectivity index (χ3v) is 4.98. The van der Waals surface area contributed by atoms with E-state index in [4.69, 9.17) is 4.74 Å². The standard InChI is InChI=1S/C17H25FN2O/c1-19-9-13-5-3-6-14(19)11-20(10-13)12-15-16(18)7-4-8-17(15)21-2/h4,7-8,13-14H,3,5-6,9-12H2,1-2H3/t13-,14-/m0/s1. The van der Waals surface area contributed by atoms with E-state index >= 15 is 0 Å². The van der Waals surface area contributed by atoms with Gasteiger partial charge in [-0.2, -0.15) is 0 Å². The smallest absolute Gasteiger partial charge is 0.131 e. The molecule has 4 heteroatoms. The van der Waals surface area contributed by atoms with E-state index < -0.39 is 0 Å². The van der Waals surface area contributed by atoms with Gasteiger partial charge in [0.1, 0.15) is 11.6 Å². The van der Waals surface area contributed by atoms with Crippen LogP contribution < -0.4 is 4.74 Å². The first kappa shape index (κ1) is 14.8. The number of fused-ring (bicyclic) bond motifs is 3. The van der Waals surface area contributed by atoms with Gasteiger partial charge in [0.25, 0.3) is 0 Å². The summed E-state index contributed by atoms with van der Waals surface area (Å²) in [7, 11) is 3.85. The molecule has 2 aliphatic heterocycles. The van der Waals surface area contributed by atoms with Crippen molar-refractivity contribution < 1.29 is 9.13 Å². The third kappa shape index (κ3) is 3.22. The summed E-state index contributed by atoms with van der Waals surface area (Å²) in [6.45, 7) is 3.93. The van der Waals surface area contributed by atoms with E-state index in [0.29, 0.717) is 29.8 Å². The second-order valence-corrected chi connectivity index (χ2v) is 6.51. The van der Waals surface area contributed by atoms with Crippen LogP contribution in [0.2, 0.25) is 0 Å². The predicted octanol–water partition coefficient (Wildman–Crippen LogP) is 2.75. The maximum Gasteiger partial charge on any atom is 0.131 e. The highest BCUT2D eigenvalue weighted by Gasteiger charge is 2.31. The van der Waals surface area contributed by atoms with Crippen molar-refractivity contribution in [1.29, 1.82) is 0 Å². The Morgan fingerprint density at radius 1 is 1.24 bits per heavy atom. The van der Waals surface area contributed by atoms with Crippen molar-refractivity contribution in [2.24, 2.45) is 5.92 Å². The predicted molar refractivity (Wildman–Crippen MR) is 82.0 cm³/mol. The molecular formula is C17H25FN2O. The summed E-state index contributed by atoms with van der Waals surface area (Å²) in [5.41, 5.74) is 0.697. The Morgan fingerprint density at radius 2 is 2.10 bits per heavy atom. The van der Waals surface area contributed by atoms with Gasteiger partial charge in [0.05, 0.1) is 7.11 Å². The van der Waals surface area contributed by atoms with Crippen LogP contribution in [0.15, 0.2) is 18.2 Å². The summed E-state index contributed by atoms with van der Waals surface area (Å²) in [5, 5.41) is 0. The molecule has 2 bridgehead atoms. The summed E-state index contributed by atoms with van der Waals surface area (Å²) in [5.74, 6) is 1.22. The Kier molecular flexibility index (Phi) is 4.45. The monoisotopic (exact) mass is 292 g/mol. The van der Waals surface area contributed by atoms with Crippen LogP contribution >= 0.6 is 0 Å². The molecule has 2 aliphatic rings. The van der Waals surface area contributed by atoms with Gasteiger partial charge in [0.2, 0.25) is 0 Å². The number of ether oxygens (including phenoxy) is 1. The van der Waals surface area contributed by atoms with Crippen molar-refractivity contribution in [2.45, 2.75) is 31.8 Å². The normalized spacial score (nSPS) is 27.4. The molecule has 0 saturated carbocycles. The summed E-state index contributed by atoms with van der Waals surface area (Å²) in [6.07, 6.45) is 3.89. The average Bonchev–Trinajstić information content (AvgIpc) is 2.70. The van der Waals surface area contributed by atoms with Crippen molar-refractivity contribution in [2.75, 3.05) is 33.8 Å². The maximum atomic E-state index is 14.1. The SMILES string of the molecule is COc1cccc(F)c1CN1C[C@H]2CCC[C@@H](C1)N(C)C2. The van der Waals surface area contributed by atoms with Crippen LogP contribution in [-0.4, -0.2) is 49.6 Å². The highest BCUT2D eigenvalue weighted by molar-refractivity contribution is 5.34. The fourth-order valence-electron chi connectivity index (χ4n) is 3.86. The highest BCUT2D eigenvalue weighted by Crippen LogP contribution is 2.29. The van der Waals surface area contributed by atoms with Gasteiger partial charge < -0.3 is 9.64 Å². The first-order valence-electron chi connectivity index (χ1n) is 7.91. The minimum Gasteiger partial charge on any atom is -0.496 e. The van der Waals surface area contributed by atoms with E-state index in [9.17, 15) is 4.39 Å². The molecule has 3 rings (SSSR count). The van der Waals surface area contributed by atoms with Crippen molar-refractivity contribution in [3.63, 3.8) is 0 Å². The van der Waals surface area contributed by atoms with E-state index in [0.717, 1.165) is 13.1 Å². The molecule has 0 N–H and O–H groups in total. The van der Waals surface area contributed by atoms with Crippen molar-refractivity contribution >= 4 is 0 Å². The Morgan fingerprint density at radius 3 is 2.90 bits per heavy atom. The maximum absolute atomic E-state index is 14.1. The lowest BCUT2D eigenvalue weighted by molar-refractivity contribution is 0.184. The number of rotatable bonds is 3. The Labute approximate surface area is 126 Å². The molecule has 0 aromatic heterocycles. The molecule has 0 radical (unpaired) electrons. The molecule has 0 unspecified atom stereocenters. The van der Waals surface area contributed by atoms with E-state index in [1.807, 2.05) is 6.07 Å². The number of halogens is 1. The molecule has 2 saturated heterocycles. The molecular weight excluding hydrogens is 267 g/mol. The van der Waals surface area contributed by atoms with Gasteiger partial charge in [-0.1, -0.05) is 12.5 Å². The van der Waals surface area contributed by atoms with E-state index in [1.165, 1.54) is 31.9 Å². The van der Waals surface area contributed by atoms with Crippen LogP contribution in [0, 0.1) is 11.7 Å². The van der Waals surface area contributed by atoms with Gasteiger partial charge in [0, 0.05) is 37.8 Å². The first-order valence-corrected chi connectivity index (χ1v) is 7.91. The van der Waals surface area contributed by atoms with Crippen molar-refractivity contribution in [1.82, 2.24) is 9.80 Å². The van der Waals surface area contributed by atoms with Gasteiger partial charge in [-0.25, -0.2) is 4.39 Å². The second-order valence-electron chi connectivity index (χ2n) is 6.51. The zero-order chi connectivity index (χ0) is 14.8. The van der Waals surface area contributed by atoms with E-state index in [-0.39, 0.29) is 5.82 Å².